The number of aromatic hydroxyl groups is 2. The van der Waals surface area contributed by atoms with Gasteiger partial charge in [0.15, 0.2) is 5.75 Å². The Labute approximate surface area is 125 Å². The van der Waals surface area contributed by atoms with Crippen molar-refractivity contribution >= 4 is 34.8 Å². The normalized spacial score (nSPS) is 10.3. The molecular weight excluding hydrogens is 301 g/mol. The zero-order valence-corrected chi connectivity index (χ0v) is 11.7. The molecule has 2 aromatic rings. The number of hydrogen-bond acceptors (Lipinski definition) is 3. The van der Waals surface area contributed by atoms with Crippen LogP contribution in [0.2, 0.25) is 10.0 Å². The fraction of sp³-hybridized carbons (Fsp3) is 0.0714. The number of nitrogens with one attached hydrogen (secondary N) is 1. The van der Waals surface area contributed by atoms with Crippen molar-refractivity contribution in [3.63, 3.8) is 0 Å². The van der Waals surface area contributed by atoms with Crippen LogP contribution in [0.15, 0.2) is 36.4 Å². The highest BCUT2D eigenvalue weighted by atomic mass is 35.5. The summed E-state index contributed by atoms with van der Waals surface area (Å²) in [7, 11) is 0. The van der Waals surface area contributed by atoms with E-state index >= 15 is 0 Å². The molecule has 0 spiro atoms. The van der Waals surface area contributed by atoms with Crippen molar-refractivity contribution in [1.29, 1.82) is 0 Å². The van der Waals surface area contributed by atoms with Gasteiger partial charge in [0, 0.05) is 11.3 Å². The van der Waals surface area contributed by atoms with Crippen LogP contribution in [-0.2, 0) is 11.2 Å². The van der Waals surface area contributed by atoms with Crippen LogP contribution in [-0.4, -0.2) is 16.1 Å². The largest absolute Gasteiger partial charge is 0.508 e. The number of phenolic OH excluding ortho intramolecular Hbond substituents is 2. The maximum atomic E-state index is 11.9. The first-order valence-electron chi connectivity index (χ1n) is 5.72. The fourth-order valence-electron chi connectivity index (χ4n) is 1.68. The SMILES string of the molecule is O=C(Cc1ccccc1O)Nc1cc(Cl)c(O)c(Cl)c1. The Hall–Kier alpha value is -1.91. The third kappa shape index (κ3) is 3.35. The second kappa shape index (κ2) is 6.03. The molecule has 0 unspecified atom stereocenters. The van der Waals surface area contributed by atoms with E-state index in [2.05, 4.69) is 5.32 Å². The van der Waals surface area contributed by atoms with Crippen LogP contribution in [0.1, 0.15) is 5.56 Å². The van der Waals surface area contributed by atoms with Crippen molar-refractivity contribution in [2.24, 2.45) is 0 Å². The molecule has 104 valence electrons. The Balaban J connectivity index is 2.11. The zero-order valence-electron chi connectivity index (χ0n) is 10.2. The van der Waals surface area contributed by atoms with E-state index in [4.69, 9.17) is 23.2 Å². The highest BCUT2D eigenvalue weighted by Crippen LogP contribution is 2.34. The number of benzene rings is 2. The number of halogens is 2. The summed E-state index contributed by atoms with van der Waals surface area (Å²) in [5, 5.41) is 21.7. The van der Waals surface area contributed by atoms with Crippen molar-refractivity contribution < 1.29 is 15.0 Å². The third-order valence-electron chi connectivity index (χ3n) is 2.64. The molecule has 20 heavy (non-hydrogen) atoms. The minimum absolute atomic E-state index is 0.0167. The Morgan fingerprint density at radius 3 is 2.30 bits per heavy atom. The highest BCUT2D eigenvalue weighted by molar-refractivity contribution is 6.37. The number of hydrogen-bond donors (Lipinski definition) is 3. The van der Waals surface area contributed by atoms with Crippen LogP contribution in [0.5, 0.6) is 11.5 Å². The van der Waals surface area contributed by atoms with E-state index < -0.39 is 0 Å². The molecule has 0 aliphatic carbocycles. The number of para-hydroxylation sites is 1. The van der Waals surface area contributed by atoms with Crippen molar-refractivity contribution in [2.75, 3.05) is 5.32 Å². The maximum absolute atomic E-state index is 11.9. The molecule has 6 heteroatoms. The molecule has 0 bridgehead atoms. The third-order valence-corrected chi connectivity index (χ3v) is 3.22. The molecule has 0 atom stereocenters. The van der Waals surface area contributed by atoms with Gasteiger partial charge in [0.1, 0.15) is 5.75 Å². The summed E-state index contributed by atoms with van der Waals surface area (Å²) >= 11 is 11.5. The molecule has 3 N–H and O–H groups in total. The van der Waals surface area contributed by atoms with E-state index in [-0.39, 0.29) is 33.9 Å². The molecule has 0 saturated heterocycles. The summed E-state index contributed by atoms with van der Waals surface area (Å²) in [6.45, 7) is 0. The average Bonchev–Trinajstić information content (AvgIpc) is 2.38. The van der Waals surface area contributed by atoms with Crippen molar-refractivity contribution in [3.8, 4) is 11.5 Å². The molecule has 4 nitrogen and oxygen atoms in total. The predicted molar refractivity (Wildman–Crippen MR) is 78.6 cm³/mol. The Morgan fingerprint density at radius 1 is 1.10 bits per heavy atom. The summed E-state index contributed by atoms with van der Waals surface area (Å²) < 4.78 is 0. The maximum Gasteiger partial charge on any atom is 0.228 e. The van der Waals surface area contributed by atoms with Crippen LogP contribution < -0.4 is 5.32 Å². The van der Waals surface area contributed by atoms with Gasteiger partial charge in [-0.05, 0) is 18.2 Å². The molecule has 0 radical (unpaired) electrons. The summed E-state index contributed by atoms with van der Waals surface area (Å²) in [5.41, 5.74) is 0.888. The van der Waals surface area contributed by atoms with Gasteiger partial charge in [-0.2, -0.15) is 0 Å². The molecule has 2 aromatic carbocycles. The second-order valence-corrected chi connectivity index (χ2v) is 4.96. The Morgan fingerprint density at radius 2 is 1.70 bits per heavy atom. The van der Waals surface area contributed by atoms with Crippen molar-refractivity contribution in [2.45, 2.75) is 6.42 Å². The molecule has 0 saturated carbocycles. The number of amides is 1. The van der Waals surface area contributed by atoms with Crippen molar-refractivity contribution in [1.82, 2.24) is 0 Å². The first-order chi connectivity index (χ1) is 9.47. The lowest BCUT2D eigenvalue weighted by Crippen LogP contribution is -2.14. The first kappa shape index (κ1) is 14.5. The van der Waals surface area contributed by atoms with E-state index in [1.54, 1.807) is 18.2 Å². The van der Waals surface area contributed by atoms with Crippen LogP contribution >= 0.6 is 23.2 Å². The second-order valence-electron chi connectivity index (χ2n) is 4.14. The zero-order chi connectivity index (χ0) is 14.7. The summed E-state index contributed by atoms with van der Waals surface area (Å²) in [5.74, 6) is -0.499. The summed E-state index contributed by atoms with van der Waals surface area (Å²) in [6.07, 6.45) is 0.0167. The van der Waals surface area contributed by atoms with Crippen LogP contribution in [0.3, 0.4) is 0 Å². The molecule has 0 fully saturated rings. The van der Waals surface area contributed by atoms with Gasteiger partial charge in [-0.15, -0.1) is 0 Å². The molecule has 0 aliphatic rings. The van der Waals surface area contributed by atoms with E-state index in [0.717, 1.165) is 0 Å². The van der Waals surface area contributed by atoms with Gasteiger partial charge < -0.3 is 15.5 Å². The lowest BCUT2D eigenvalue weighted by Gasteiger charge is -2.08. The minimum Gasteiger partial charge on any atom is -0.508 e. The lowest BCUT2D eigenvalue weighted by atomic mass is 10.1. The quantitative estimate of drug-likeness (QED) is 0.759. The van der Waals surface area contributed by atoms with E-state index in [1.807, 2.05) is 0 Å². The molecule has 0 aliphatic heterocycles. The van der Waals surface area contributed by atoms with Crippen molar-refractivity contribution in [3.05, 3.63) is 52.0 Å². The van der Waals surface area contributed by atoms with E-state index in [9.17, 15) is 15.0 Å². The van der Waals surface area contributed by atoms with Gasteiger partial charge in [-0.1, -0.05) is 41.4 Å². The molecular formula is C14H11Cl2NO3. The number of carbonyl (C=O) groups excluding carboxylic acids is 1. The Bertz CT molecular complexity index is 636. The van der Waals surface area contributed by atoms with Gasteiger partial charge in [-0.3, -0.25) is 4.79 Å². The number of phenols is 2. The van der Waals surface area contributed by atoms with Gasteiger partial charge in [0.2, 0.25) is 5.91 Å². The molecule has 2 rings (SSSR count). The number of anilines is 1. The molecule has 0 aromatic heterocycles. The van der Waals surface area contributed by atoms with E-state index in [1.165, 1.54) is 18.2 Å². The standard InChI is InChI=1S/C14H11Cl2NO3/c15-10-6-9(7-11(16)14(10)20)17-13(19)5-8-3-1-2-4-12(8)18/h1-4,6-7,18,20H,5H2,(H,17,19). The highest BCUT2D eigenvalue weighted by Gasteiger charge is 2.11. The predicted octanol–water partition coefficient (Wildman–Crippen LogP) is 3.59. The molecule has 0 heterocycles. The van der Waals surface area contributed by atoms with Crippen LogP contribution in [0.25, 0.3) is 0 Å². The Kier molecular flexibility index (Phi) is 4.37. The topological polar surface area (TPSA) is 69.6 Å². The van der Waals surface area contributed by atoms with Gasteiger partial charge in [0.05, 0.1) is 16.5 Å². The van der Waals surface area contributed by atoms with E-state index in [0.29, 0.717) is 11.3 Å². The monoisotopic (exact) mass is 311 g/mol. The van der Waals surface area contributed by atoms with Gasteiger partial charge in [0.25, 0.3) is 0 Å². The average molecular weight is 312 g/mol. The fourth-order valence-corrected chi connectivity index (χ4v) is 2.16. The van der Waals surface area contributed by atoms with Gasteiger partial charge in [-0.25, -0.2) is 0 Å². The lowest BCUT2D eigenvalue weighted by molar-refractivity contribution is -0.115. The minimum atomic E-state index is -0.329. The molecule has 1 amide bonds. The number of carbonyl (C=O) groups is 1. The summed E-state index contributed by atoms with van der Waals surface area (Å²) in [6, 6.07) is 9.37. The van der Waals surface area contributed by atoms with Crippen LogP contribution in [0.4, 0.5) is 5.69 Å². The van der Waals surface area contributed by atoms with Crippen LogP contribution in [0, 0.1) is 0 Å². The number of rotatable bonds is 3. The smallest absolute Gasteiger partial charge is 0.228 e. The first-order valence-corrected chi connectivity index (χ1v) is 6.47. The van der Waals surface area contributed by atoms with Gasteiger partial charge >= 0.3 is 0 Å². The summed E-state index contributed by atoms with van der Waals surface area (Å²) in [4.78, 5) is 11.9.